The Hall–Kier alpha value is -3.03. The molecule has 9 heteroatoms. The lowest BCUT2D eigenvalue weighted by molar-refractivity contribution is -0.132. The van der Waals surface area contributed by atoms with Crippen LogP contribution in [0.2, 0.25) is 15.1 Å². The largest absolute Gasteiger partial charge is 0.489 e. The number of aliphatic hydroxyl groups is 1. The first-order valence-corrected chi connectivity index (χ1v) is 14.5. The molecule has 2 fully saturated rings. The van der Waals surface area contributed by atoms with E-state index >= 15 is 0 Å². The molecule has 214 valence electrons. The summed E-state index contributed by atoms with van der Waals surface area (Å²) in [6.07, 6.45) is 6.29. The number of carbonyl (C=O) groups is 1. The number of rotatable bonds is 10. The van der Waals surface area contributed by atoms with Crippen molar-refractivity contribution in [3.8, 4) is 17.0 Å². The van der Waals surface area contributed by atoms with Crippen LogP contribution in [0.25, 0.3) is 11.3 Å². The Kier molecular flexibility index (Phi) is 8.40. The number of carboxylic acids is 1. The van der Waals surface area contributed by atoms with Crippen LogP contribution in [0.15, 0.2) is 76.4 Å². The predicted molar refractivity (Wildman–Crippen MR) is 161 cm³/mol. The maximum Gasteiger partial charge on any atom is 0.331 e. The first-order valence-electron chi connectivity index (χ1n) is 13.3. The van der Waals surface area contributed by atoms with Crippen LogP contribution in [-0.2, 0) is 17.0 Å². The van der Waals surface area contributed by atoms with Gasteiger partial charge in [0.15, 0.2) is 0 Å². The Morgan fingerprint density at radius 2 is 1.76 bits per heavy atom. The molecule has 0 atom stereocenters. The van der Waals surface area contributed by atoms with Crippen molar-refractivity contribution < 1.29 is 24.3 Å². The molecule has 0 unspecified atom stereocenters. The molecule has 2 aliphatic carbocycles. The summed E-state index contributed by atoms with van der Waals surface area (Å²) in [5, 5.41) is 26.0. The Balaban J connectivity index is 1.28. The summed E-state index contributed by atoms with van der Waals surface area (Å²) in [4.78, 5) is 11.0. The van der Waals surface area contributed by atoms with Gasteiger partial charge in [0.25, 0.3) is 0 Å². The van der Waals surface area contributed by atoms with Crippen LogP contribution in [0.1, 0.15) is 62.3 Å². The minimum atomic E-state index is -1.09. The zero-order valence-corrected chi connectivity index (χ0v) is 25.0. The number of hydrogen-bond donors (Lipinski definition) is 2. The van der Waals surface area contributed by atoms with Gasteiger partial charge >= 0.3 is 5.97 Å². The lowest BCUT2D eigenvalue weighted by Gasteiger charge is -2.45. The number of aliphatic carboxylic acids is 1. The second kappa shape index (κ2) is 11.7. The van der Waals surface area contributed by atoms with Gasteiger partial charge in [-0.1, -0.05) is 70.8 Å². The third-order valence-corrected chi connectivity index (χ3v) is 8.82. The molecular formula is C32H30Cl3NO5. The third kappa shape index (κ3) is 6.12. The summed E-state index contributed by atoms with van der Waals surface area (Å²) >= 11 is 19.6. The van der Waals surface area contributed by atoms with Gasteiger partial charge in [0.05, 0.1) is 26.2 Å². The highest BCUT2D eigenvalue weighted by atomic mass is 35.5. The lowest BCUT2D eigenvalue weighted by Crippen LogP contribution is -2.42. The second-order valence-corrected chi connectivity index (χ2v) is 12.1. The third-order valence-electron chi connectivity index (χ3n) is 7.88. The highest BCUT2D eigenvalue weighted by Gasteiger charge is 2.46. The second-order valence-electron chi connectivity index (χ2n) is 10.8. The molecule has 0 saturated heterocycles. The predicted octanol–water partition coefficient (Wildman–Crippen LogP) is 8.89. The number of carboxylic acid groups (broad SMARTS) is 1. The lowest BCUT2D eigenvalue weighted by atomic mass is 9.64. The fourth-order valence-corrected chi connectivity index (χ4v) is 6.06. The number of nitrogens with zero attached hydrogens (tertiary/aromatic N) is 1. The summed E-state index contributed by atoms with van der Waals surface area (Å²) in [6, 6.07) is 10.6. The topological polar surface area (TPSA) is 92.8 Å². The first kappa shape index (κ1) is 29.5. The molecule has 2 N–H and O–H groups in total. The van der Waals surface area contributed by atoms with Gasteiger partial charge < -0.3 is 19.5 Å². The van der Waals surface area contributed by atoms with Gasteiger partial charge in [-0.2, -0.15) is 0 Å². The summed E-state index contributed by atoms with van der Waals surface area (Å²) in [7, 11) is 0. The van der Waals surface area contributed by atoms with Gasteiger partial charge in [-0.05, 0) is 80.9 Å². The van der Waals surface area contributed by atoms with Gasteiger partial charge in [-0.15, -0.1) is 0 Å². The average Bonchev–Trinajstić information content (AvgIpc) is 3.68. The molecule has 0 bridgehead atoms. The Morgan fingerprint density at radius 3 is 2.37 bits per heavy atom. The molecule has 0 spiro atoms. The fraction of sp³-hybridized carbons (Fsp3) is 0.312. The van der Waals surface area contributed by atoms with Gasteiger partial charge in [-0.25, -0.2) is 4.79 Å². The van der Waals surface area contributed by atoms with Crippen molar-refractivity contribution in [1.29, 1.82) is 0 Å². The highest BCUT2D eigenvalue weighted by molar-refractivity contribution is 6.39. The smallest absolute Gasteiger partial charge is 0.331 e. The molecule has 2 aromatic carbocycles. The normalized spacial score (nSPS) is 21.0. The zero-order valence-electron chi connectivity index (χ0n) is 22.7. The first-order chi connectivity index (χ1) is 19.5. The summed E-state index contributed by atoms with van der Waals surface area (Å²) in [5.74, 6) is 0.724. The van der Waals surface area contributed by atoms with E-state index in [4.69, 9.17) is 49.2 Å². The molecule has 5 rings (SSSR count). The standard InChI is InChI=1S/C32H30Cl3NO5/c1-17(7-8-18(2)31(37)38)19(3)21-14-32(39,15-21)24-12-11-22(13-27(24)35)40-16-23-29(36-41-30(23)20-9-10-20)28-25(33)5-4-6-26(28)34/h4-8,11-13,20-21,39H,3,9-10,14-16H2,1-2H3,(H,37,38)/b17-7-,18-8+. The number of hydrogen-bond acceptors (Lipinski definition) is 5. The molecule has 1 heterocycles. The molecule has 0 radical (unpaired) electrons. The van der Waals surface area contributed by atoms with Crippen molar-refractivity contribution in [2.75, 3.05) is 0 Å². The Labute approximate surface area is 253 Å². The van der Waals surface area contributed by atoms with E-state index < -0.39 is 11.6 Å². The van der Waals surface area contributed by atoms with Crippen molar-refractivity contribution in [3.63, 3.8) is 0 Å². The minimum Gasteiger partial charge on any atom is -0.489 e. The van der Waals surface area contributed by atoms with Crippen molar-refractivity contribution in [3.05, 3.63) is 104 Å². The van der Waals surface area contributed by atoms with Crippen LogP contribution < -0.4 is 4.74 Å². The number of aromatic nitrogens is 1. The van der Waals surface area contributed by atoms with E-state index in [-0.39, 0.29) is 18.1 Å². The van der Waals surface area contributed by atoms with Crippen molar-refractivity contribution >= 4 is 40.8 Å². The minimum absolute atomic E-state index is 0.0614. The summed E-state index contributed by atoms with van der Waals surface area (Å²) in [5.41, 5.74) is 3.52. The van der Waals surface area contributed by atoms with E-state index in [1.165, 1.54) is 6.92 Å². The maximum absolute atomic E-state index is 11.3. The van der Waals surface area contributed by atoms with E-state index in [0.29, 0.717) is 56.4 Å². The van der Waals surface area contributed by atoms with Crippen molar-refractivity contribution in [1.82, 2.24) is 5.16 Å². The van der Waals surface area contributed by atoms with Crippen LogP contribution in [0.4, 0.5) is 0 Å². The monoisotopic (exact) mass is 613 g/mol. The number of benzene rings is 2. The fourth-order valence-electron chi connectivity index (χ4n) is 5.14. The van der Waals surface area contributed by atoms with Crippen LogP contribution in [0.3, 0.4) is 0 Å². The van der Waals surface area contributed by atoms with E-state index in [1.807, 2.05) is 6.92 Å². The molecule has 41 heavy (non-hydrogen) atoms. The number of ether oxygens (including phenoxy) is 1. The van der Waals surface area contributed by atoms with E-state index in [0.717, 1.165) is 35.3 Å². The van der Waals surface area contributed by atoms with Gasteiger partial charge in [0.1, 0.15) is 23.8 Å². The van der Waals surface area contributed by atoms with Crippen LogP contribution in [0, 0.1) is 5.92 Å². The molecule has 6 nitrogen and oxygen atoms in total. The average molecular weight is 615 g/mol. The van der Waals surface area contributed by atoms with Gasteiger partial charge in [-0.3, -0.25) is 0 Å². The number of allylic oxidation sites excluding steroid dienone is 4. The summed E-state index contributed by atoms with van der Waals surface area (Å²) < 4.78 is 11.9. The Morgan fingerprint density at radius 1 is 1.10 bits per heavy atom. The van der Waals surface area contributed by atoms with Crippen molar-refractivity contribution in [2.24, 2.45) is 5.92 Å². The molecular weight excluding hydrogens is 585 g/mol. The molecule has 1 aromatic heterocycles. The molecule has 0 amide bonds. The van der Waals surface area contributed by atoms with Crippen LogP contribution >= 0.6 is 34.8 Å². The van der Waals surface area contributed by atoms with E-state index in [2.05, 4.69) is 11.7 Å². The quantitative estimate of drug-likeness (QED) is 0.175. The molecule has 0 aliphatic heterocycles. The van der Waals surface area contributed by atoms with Gasteiger partial charge in [0, 0.05) is 22.6 Å². The molecule has 2 saturated carbocycles. The van der Waals surface area contributed by atoms with E-state index in [1.54, 1.807) is 48.6 Å². The Bertz CT molecular complexity index is 1560. The highest BCUT2D eigenvalue weighted by Crippen LogP contribution is 2.52. The SMILES string of the molecule is C=C(/C(C)=C\C=C(/C)C(=O)O)C1CC(O)(c2ccc(OCc3c(-c4c(Cl)cccc4Cl)noc3C3CC3)cc2Cl)C1. The van der Waals surface area contributed by atoms with Gasteiger partial charge in [0.2, 0.25) is 0 Å². The van der Waals surface area contributed by atoms with Crippen LogP contribution in [0.5, 0.6) is 5.75 Å². The maximum atomic E-state index is 11.3. The van der Waals surface area contributed by atoms with E-state index in [9.17, 15) is 9.90 Å². The molecule has 3 aromatic rings. The molecule has 2 aliphatic rings. The van der Waals surface area contributed by atoms with Crippen molar-refractivity contribution in [2.45, 2.75) is 57.7 Å². The number of halogens is 3. The summed E-state index contributed by atoms with van der Waals surface area (Å²) in [6.45, 7) is 7.79. The van der Waals surface area contributed by atoms with Crippen LogP contribution in [-0.4, -0.2) is 21.3 Å². The zero-order chi connectivity index (χ0) is 29.5.